The van der Waals surface area contributed by atoms with Crippen molar-refractivity contribution in [2.24, 2.45) is 7.05 Å². The number of nitrogens with zero attached hydrogens (tertiary/aromatic N) is 3. The molecule has 1 aromatic heterocycles. The van der Waals surface area contributed by atoms with Crippen LogP contribution in [0.1, 0.15) is 18.3 Å². The van der Waals surface area contributed by atoms with Crippen LogP contribution in [0.3, 0.4) is 0 Å². The minimum atomic E-state index is -0.721. The van der Waals surface area contributed by atoms with Gasteiger partial charge in [-0.05, 0) is 24.6 Å². The van der Waals surface area contributed by atoms with Crippen molar-refractivity contribution in [1.29, 1.82) is 0 Å². The Morgan fingerprint density at radius 2 is 2.12 bits per heavy atom. The first-order valence-electron chi connectivity index (χ1n) is 8.33. The molecule has 2 heterocycles. The summed E-state index contributed by atoms with van der Waals surface area (Å²) in [5.41, 5.74) is 2.49. The number of aromatic nitrogens is 2. The highest BCUT2D eigenvalue weighted by molar-refractivity contribution is 5.98. The summed E-state index contributed by atoms with van der Waals surface area (Å²) >= 11 is 0. The number of para-hydroxylation sites is 2. The molecule has 0 saturated carbocycles. The monoisotopic (exact) mass is 342 g/mol. The third-order valence-electron chi connectivity index (χ3n) is 4.34. The second-order valence-corrected chi connectivity index (χ2v) is 5.97. The van der Waals surface area contributed by atoms with E-state index in [-0.39, 0.29) is 24.8 Å². The average Bonchev–Trinajstić information content (AvgIpc) is 2.99. The minimum absolute atomic E-state index is 0.0877. The van der Waals surface area contributed by atoms with Crippen molar-refractivity contribution in [1.82, 2.24) is 15.1 Å². The number of amides is 2. The van der Waals surface area contributed by atoms with Gasteiger partial charge in [0.15, 0.2) is 6.10 Å². The van der Waals surface area contributed by atoms with Gasteiger partial charge >= 0.3 is 0 Å². The van der Waals surface area contributed by atoms with Crippen LogP contribution in [-0.2, 0) is 29.5 Å². The molecule has 7 heteroatoms. The normalized spacial score (nSPS) is 16.1. The smallest absolute Gasteiger partial charge is 0.262 e. The van der Waals surface area contributed by atoms with Crippen LogP contribution >= 0.6 is 0 Å². The van der Waals surface area contributed by atoms with Crippen LogP contribution in [0.5, 0.6) is 5.75 Å². The van der Waals surface area contributed by atoms with Crippen molar-refractivity contribution >= 4 is 17.5 Å². The molecule has 2 amide bonds. The number of nitrogens with one attached hydrogen (secondary N) is 1. The van der Waals surface area contributed by atoms with Crippen LogP contribution < -0.4 is 15.0 Å². The number of ether oxygens (including phenoxy) is 1. The SMILES string of the molecule is CCc1cc(CC(=O)N2CC(C(=O)NC)Oc3ccccc32)n(C)n1. The molecule has 0 fully saturated rings. The Balaban J connectivity index is 1.87. The Labute approximate surface area is 146 Å². The lowest BCUT2D eigenvalue weighted by atomic mass is 10.1. The number of hydrogen-bond acceptors (Lipinski definition) is 4. The molecule has 1 unspecified atom stereocenters. The van der Waals surface area contributed by atoms with E-state index in [1.807, 2.05) is 38.2 Å². The number of carbonyl (C=O) groups excluding carboxylic acids is 2. The van der Waals surface area contributed by atoms with Gasteiger partial charge in [-0.2, -0.15) is 5.10 Å². The number of rotatable bonds is 4. The quantitative estimate of drug-likeness (QED) is 0.902. The van der Waals surface area contributed by atoms with Crippen molar-refractivity contribution in [2.45, 2.75) is 25.9 Å². The molecule has 1 atom stereocenters. The van der Waals surface area contributed by atoms with Crippen molar-refractivity contribution < 1.29 is 14.3 Å². The largest absolute Gasteiger partial charge is 0.477 e. The predicted octanol–water partition coefficient (Wildman–Crippen LogP) is 1.07. The van der Waals surface area contributed by atoms with Crippen molar-refractivity contribution in [3.8, 4) is 5.75 Å². The van der Waals surface area contributed by atoms with Gasteiger partial charge < -0.3 is 15.0 Å². The molecule has 132 valence electrons. The maximum absolute atomic E-state index is 12.9. The standard InChI is InChI=1S/C18H22N4O3/c1-4-12-9-13(21(3)20-12)10-17(23)22-11-16(18(24)19-2)25-15-8-6-5-7-14(15)22/h5-9,16H,4,10-11H2,1-3H3,(H,19,24). The Morgan fingerprint density at radius 1 is 1.36 bits per heavy atom. The summed E-state index contributed by atoms with van der Waals surface area (Å²) in [5.74, 6) is 0.200. The van der Waals surface area contributed by atoms with Crippen LogP contribution in [0.2, 0.25) is 0 Å². The maximum Gasteiger partial charge on any atom is 0.262 e. The fourth-order valence-corrected chi connectivity index (χ4v) is 2.93. The summed E-state index contributed by atoms with van der Waals surface area (Å²) in [7, 11) is 3.39. The number of anilines is 1. The molecule has 0 aliphatic carbocycles. The molecule has 1 N–H and O–H groups in total. The average molecular weight is 342 g/mol. The second kappa shape index (κ2) is 6.96. The first kappa shape index (κ1) is 17.0. The lowest BCUT2D eigenvalue weighted by Crippen LogP contribution is -2.50. The Kier molecular flexibility index (Phi) is 4.74. The summed E-state index contributed by atoms with van der Waals surface area (Å²) in [4.78, 5) is 26.6. The molecule has 1 aliphatic heterocycles. The molecule has 0 saturated heterocycles. The van der Waals surface area contributed by atoms with Gasteiger partial charge in [0.2, 0.25) is 5.91 Å². The zero-order valence-electron chi connectivity index (χ0n) is 14.7. The predicted molar refractivity (Wildman–Crippen MR) is 93.6 cm³/mol. The topological polar surface area (TPSA) is 76.5 Å². The minimum Gasteiger partial charge on any atom is -0.477 e. The van der Waals surface area contributed by atoms with Crippen LogP contribution in [-0.4, -0.2) is 41.3 Å². The van der Waals surface area contributed by atoms with E-state index in [0.717, 1.165) is 17.8 Å². The number of carbonyl (C=O) groups is 2. The first-order valence-corrected chi connectivity index (χ1v) is 8.33. The fourth-order valence-electron chi connectivity index (χ4n) is 2.93. The van der Waals surface area contributed by atoms with Crippen molar-refractivity contribution in [3.05, 3.63) is 41.7 Å². The van der Waals surface area contributed by atoms with E-state index >= 15 is 0 Å². The molecule has 0 bridgehead atoms. The summed E-state index contributed by atoms with van der Waals surface area (Å²) < 4.78 is 7.47. The molecule has 1 aromatic carbocycles. The second-order valence-electron chi connectivity index (χ2n) is 5.97. The molecular formula is C18H22N4O3. The molecule has 7 nitrogen and oxygen atoms in total. The van der Waals surface area contributed by atoms with Gasteiger partial charge in [-0.1, -0.05) is 19.1 Å². The highest BCUT2D eigenvalue weighted by atomic mass is 16.5. The Morgan fingerprint density at radius 3 is 2.80 bits per heavy atom. The van der Waals surface area contributed by atoms with E-state index in [4.69, 9.17) is 4.74 Å². The summed E-state index contributed by atoms with van der Waals surface area (Å²) in [6.45, 7) is 2.22. The van der Waals surface area contributed by atoms with Gasteiger partial charge in [-0.3, -0.25) is 14.3 Å². The van der Waals surface area contributed by atoms with Crippen molar-refractivity contribution in [2.75, 3.05) is 18.5 Å². The van der Waals surface area contributed by atoms with Gasteiger partial charge in [0.1, 0.15) is 5.75 Å². The van der Waals surface area contributed by atoms with Crippen LogP contribution in [0.4, 0.5) is 5.69 Å². The molecule has 0 radical (unpaired) electrons. The van der Waals surface area contributed by atoms with E-state index in [1.165, 1.54) is 0 Å². The Bertz CT molecular complexity index is 799. The van der Waals surface area contributed by atoms with Gasteiger partial charge in [0.25, 0.3) is 5.91 Å². The summed E-state index contributed by atoms with van der Waals surface area (Å²) in [6, 6.07) is 9.21. The number of fused-ring (bicyclic) bond motifs is 1. The van der Waals surface area contributed by atoms with Gasteiger partial charge in [-0.15, -0.1) is 0 Å². The van der Waals surface area contributed by atoms with Gasteiger partial charge in [0, 0.05) is 19.8 Å². The molecule has 0 spiro atoms. The molecule has 1 aliphatic rings. The first-order chi connectivity index (χ1) is 12.0. The maximum atomic E-state index is 12.9. The number of hydrogen-bond donors (Lipinski definition) is 1. The molecule has 3 rings (SSSR count). The number of likely N-dealkylation sites (N-methyl/N-ethyl adjacent to an activating group) is 1. The molecule has 25 heavy (non-hydrogen) atoms. The Hall–Kier alpha value is -2.83. The third kappa shape index (κ3) is 3.35. The highest BCUT2D eigenvalue weighted by Crippen LogP contribution is 2.33. The third-order valence-corrected chi connectivity index (χ3v) is 4.34. The lowest BCUT2D eigenvalue weighted by molar-refractivity contribution is -0.127. The molecule has 2 aromatic rings. The van der Waals surface area contributed by atoms with Crippen LogP contribution in [0.15, 0.2) is 30.3 Å². The van der Waals surface area contributed by atoms with E-state index in [1.54, 1.807) is 22.7 Å². The van der Waals surface area contributed by atoms with Crippen LogP contribution in [0, 0.1) is 0 Å². The van der Waals surface area contributed by atoms with E-state index in [0.29, 0.717) is 11.4 Å². The van der Waals surface area contributed by atoms with E-state index in [2.05, 4.69) is 10.4 Å². The highest BCUT2D eigenvalue weighted by Gasteiger charge is 2.33. The summed E-state index contributed by atoms with van der Waals surface area (Å²) in [6.07, 6.45) is 0.320. The number of benzene rings is 1. The summed E-state index contributed by atoms with van der Waals surface area (Å²) in [5, 5.41) is 6.96. The fraction of sp³-hybridized carbons (Fsp3) is 0.389. The zero-order chi connectivity index (χ0) is 18.0. The number of aryl methyl sites for hydroxylation is 2. The van der Waals surface area contributed by atoms with E-state index < -0.39 is 6.10 Å². The zero-order valence-corrected chi connectivity index (χ0v) is 14.7. The van der Waals surface area contributed by atoms with Gasteiger partial charge in [0.05, 0.1) is 24.3 Å². The van der Waals surface area contributed by atoms with Gasteiger partial charge in [-0.25, -0.2) is 0 Å². The molecular weight excluding hydrogens is 320 g/mol. The van der Waals surface area contributed by atoms with Crippen LogP contribution in [0.25, 0.3) is 0 Å². The van der Waals surface area contributed by atoms with Crippen molar-refractivity contribution in [3.63, 3.8) is 0 Å². The van der Waals surface area contributed by atoms with E-state index in [9.17, 15) is 9.59 Å². The lowest BCUT2D eigenvalue weighted by Gasteiger charge is -2.34.